The largest absolute Gasteiger partial charge is 0.478 e. The minimum absolute atomic E-state index is 0.103. The van der Waals surface area contributed by atoms with Crippen molar-refractivity contribution < 1.29 is 18.3 Å². The molecule has 1 N–H and O–H groups in total. The van der Waals surface area contributed by atoms with Crippen LogP contribution in [0, 0.1) is 0 Å². The zero-order valence-electron chi connectivity index (χ0n) is 15.1. The minimum atomic E-state index is -3.65. The Morgan fingerprint density at radius 3 is 2.42 bits per heavy atom. The molecule has 0 spiro atoms. The average molecular weight is 376 g/mol. The van der Waals surface area contributed by atoms with E-state index in [4.69, 9.17) is 0 Å². The monoisotopic (exact) mass is 376 g/mol. The van der Waals surface area contributed by atoms with Gasteiger partial charge in [0.25, 0.3) is 0 Å². The zero-order valence-corrected chi connectivity index (χ0v) is 15.9. The molecule has 0 atom stereocenters. The highest BCUT2D eigenvalue weighted by Crippen LogP contribution is 2.35. The van der Waals surface area contributed by atoms with Crippen molar-refractivity contribution in [3.8, 4) is 0 Å². The number of carboxylic acid groups (broad SMARTS) is 1. The second-order valence-electron chi connectivity index (χ2n) is 6.65. The summed E-state index contributed by atoms with van der Waals surface area (Å²) in [4.78, 5) is 16.5. The second-order valence-corrected chi connectivity index (χ2v) is 8.59. The molecule has 140 valence electrons. The summed E-state index contributed by atoms with van der Waals surface area (Å²) < 4.78 is 26.9. The van der Waals surface area contributed by atoms with Crippen LogP contribution in [0.5, 0.6) is 0 Å². The summed E-state index contributed by atoms with van der Waals surface area (Å²) in [6.07, 6.45) is 4.31. The Kier molecular flexibility index (Phi) is 5.29. The van der Waals surface area contributed by atoms with Gasteiger partial charge in [-0.05, 0) is 37.1 Å². The number of aromatic carboxylic acids is 1. The first-order chi connectivity index (χ1) is 12.4. The molecular weight excluding hydrogens is 352 g/mol. The number of hydrogen-bond donors (Lipinski definition) is 1. The van der Waals surface area contributed by atoms with E-state index in [1.807, 2.05) is 0 Å². The SMILES string of the molecule is CCN(CC)S(=O)(=O)c1ccc2nc(C3CCCC3)cc(C(=O)O)c2c1. The van der Waals surface area contributed by atoms with Crippen molar-refractivity contribution in [1.29, 1.82) is 0 Å². The van der Waals surface area contributed by atoms with Gasteiger partial charge in [0.05, 0.1) is 16.0 Å². The number of benzene rings is 1. The molecule has 1 aromatic heterocycles. The van der Waals surface area contributed by atoms with Gasteiger partial charge in [0.15, 0.2) is 0 Å². The highest BCUT2D eigenvalue weighted by atomic mass is 32.2. The Bertz CT molecular complexity index is 930. The van der Waals surface area contributed by atoms with Crippen LogP contribution >= 0.6 is 0 Å². The van der Waals surface area contributed by atoms with E-state index >= 15 is 0 Å². The maximum Gasteiger partial charge on any atom is 0.336 e. The third-order valence-corrected chi connectivity index (χ3v) is 7.19. The van der Waals surface area contributed by atoms with E-state index in [0.717, 1.165) is 31.4 Å². The van der Waals surface area contributed by atoms with Crippen molar-refractivity contribution in [3.63, 3.8) is 0 Å². The molecule has 1 aromatic carbocycles. The average Bonchev–Trinajstić information content (AvgIpc) is 3.15. The van der Waals surface area contributed by atoms with Gasteiger partial charge in [-0.3, -0.25) is 4.98 Å². The summed E-state index contributed by atoms with van der Waals surface area (Å²) in [5.74, 6) is -0.773. The van der Waals surface area contributed by atoms with E-state index in [1.165, 1.54) is 16.4 Å². The Labute approximate surface area is 153 Å². The standard InChI is InChI=1S/C19H24N2O4S/c1-3-21(4-2)26(24,25)14-9-10-17-15(11-14)16(19(22)23)12-18(20-17)13-7-5-6-8-13/h9-13H,3-8H2,1-2H3,(H,22,23). The van der Waals surface area contributed by atoms with Crippen LogP contribution in [0.15, 0.2) is 29.2 Å². The molecule has 1 aliphatic rings. The van der Waals surface area contributed by atoms with Gasteiger partial charge in [-0.25, -0.2) is 13.2 Å². The molecular formula is C19H24N2O4S. The summed E-state index contributed by atoms with van der Waals surface area (Å²) in [6.45, 7) is 4.28. The van der Waals surface area contributed by atoms with Crippen LogP contribution in [-0.2, 0) is 10.0 Å². The molecule has 1 saturated carbocycles. The lowest BCUT2D eigenvalue weighted by atomic mass is 9.99. The van der Waals surface area contributed by atoms with Gasteiger partial charge in [0, 0.05) is 30.1 Å². The summed E-state index contributed by atoms with van der Waals surface area (Å²) >= 11 is 0. The van der Waals surface area contributed by atoms with E-state index in [1.54, 1.807) is 26.0 Å². The molecule has 0 bridgehead atoms. The van der Waals surface area contributed by atoms with Crippen molar-refractivity contribution in [1.82, 2.24) is 9.29 Å². The van der Waals surface area contributed by atoms with Gasteiger partial charge in [-0.1, -0.05) is 26.7 Å². The van der Waals surface area contributed by atoms with Crippen LogP contribution in [0.3, 0.4) is 0 Å². The molecule has 3 rings (SSSR count). The van der Waals surface area contributed by atoms with Crippen LogP contribution in [-0.4, -0.2) is 41.9 Å². The third kappa shape index (κ3) is 3.33. The fourth-order valence-corrected chi connectivity index (χ4v) is 5.19. The first-order valence-corrected chi connectivity index (χ1v) is 10.5. The molecule has 26 heavy (non-hydrogen) atoms. The molecule has 0 saturated heterocycles. The lowest BCUT2D eigenvalue weighted by molar-refractivity contribution is 0.0698. The fourth-order valence-electron chi connectivity index (χ4n) is 3.71. The molecule has 0 amide bonds. The molecule has 1 heterocycles. The number of rotatable bonds is 6. The van der Waals surface area contributed by atoms with E-state index in [9.17, 15) is 18.3 Å². The Morgan fingerprint density at radius 2 is 1.85 bits per heavy atom. The first-order valence-electron chi connectivity index (χ1n) is 9.06. The third-order valence-electron chi connectivity index (χ3n) is 5.15. The second kappa shape index (κ2) is 7.32. The number of sulfonamides is 1. The molecule has 6 nitrogen and oxygen atoms in total. The zero-order chi connectivity index (χ0) is 18.9. The van der Waals surface area contributed by atoms with Crippen LogP contribution in [0.1, 0.15) is 61.5 Å². The predicted octanol–water partition coefficient (Wildman–Crippen LogP) is 3.62. The molecule has 7 heteroatoms. The maximum absolute atomic E-state index is 12.8. The van der Waals surface area contributed by atoms with Gasteiger partial charge >= 0.3 is 5.97 Å². The smallest absolute Gasteiger partial charge is 0.336 e. The van der Waals surface area contributed by atoms with Crippen LogP contribution in [0.4, 0.5) is 0 Å². The number of fused-ring (bicyclic) bond motifs is 1. The first kappa shape index (κ1) is 18.8. The van der Waals surface area contributed by atoms with Gasteiger partial charge in [-0.2, -0.15) is 4.31 Å². The summed E-state index contributed by atoms with van der Waals surface area (Å²) in [5.41, 5.74) is 1.45. The molecule has 0 aliphatic heterocycles. The quantitative estimate of drug-likeness (QED) is 0.832. The van der Waals surface area contributed by atoms with Crippen molar-refractivity contribution >= 4 is 26.9 Å². The van der Waals surface area contributed by atoms with Crippen LogP contribution in [0.2, 0.25) is 0 Å². The number of hydrogen-bond acceptors (Lipinski definition) is 4. The predicted molar refractivity (Wildman–Crippen MR) is 100 cm³/mol. The minimum Gasteiger partial charge on any atom is -0.478 e. The lowest BCUT2D eigenvalue weighted by Crippen LogP contribution is -2.30. The lowest BCUT2D eigenvalue weighted by Gasteiger charge is -2.19. The summed E-state index contributed by atoms with van der Waals surface area (Å²) in [5, 5.41) is 10.0. The van der Waals surface area contributed by atoms with E-state index < -0.39 is 16.0 Å². The molecule has 0 radical (unpaired) electrons. The number of carbonyl (C=O) groups is 1. The highest BCUT2D eigenvalue weighted by Gasteiger charge is 2.25. The molecule has 1 aliphatic carbocycles. The number of pyridine rings is 1. The van der Waals surface area contributed by atoms with Gasteiger partial charge in [0.2, 0.25) is 10.0 Å². The van der Waals surface area contributed by atoms with E-state index in [-0.39, 0.29) is 16.4 Å². The van der Waals surface area contributed by atoms with Gasteiger partial charge in [0.1, 0.15) is 0 Å². The maximum atomic E-state index is 12.8. The molecule has 2 aromatic rings. The number of aromatic nitrogens is 1. The van der Waals surface area contributed by atoms with Crippen molar-refractivity contribution in [2.45, 2.75) is 50.3 Å². The summed E-state index contributed by atoms with van der Waals surface area (Å²) in [6, 6.07) is 6.20. The van der Waals surface area contributed by atoms with Gasteiger partial charge in [-0.15, -0.1) is 0 Å². The highest BCUT2D eigenvalue weighted by molar-refractivity contribution is 7.89. The summed E-state index contributed by atoms with van der Waals surface area (Å²) in [7, 11) is -3.65. The van der Waals surface area contributed by atoms with Crippen molar-refractivity contribution in [2.75, 3.05) is 13.1 Å². The normalized spacial score (nSPS) is 15.8. The Balaban J connectivity index is 2.16. The van der Waals surface area contributed by atoms with Gasteiger partial charge < -0.3 is 5.11 Å². The van der Waals surface area contributed by atoms with Crippen LogP contribution < -0.4 is 0 Å². The van der Waals surface area contributed by atoms with E-state index in [2.05, 4.69) is 4.98 Å². The van der Waals surface area contributed by atoms with E-state index in [0.29, 0.717) is 24.0 Å². The Morgan fingerprint density at radius 1 is 1.19 bits per heavy atom. The van der Waals surface area contributed by atoms with Crippen molar-refractivity contribution in [2.24, 2.45) is 0 Å². The fraction of sp³-hybridized carbons (Fsp3) is 0.474. The molecule has 0 unspecified atom stereocenters. The number of nitrogens with zero attached hydrogens (tertiary/aromatic N) is 2. The van der Waals surface area contributed by atoms with Crippen LogP contribution in [0.25, 0.3) is 10.9 Å². The number of carboxylic acids is 1. The topological polar surface area (TPSA) is 87.6 Å². The Hall–Kier alpha value is -1.99. The molecule has 1 fully saturated rings. The van der Waals surface area contributed by atoms with Crippen molar-refractivity contribution in [3.05, 3.63) is 35.5 Å².